The summed E-state index contributed by atoms with van der Waals surface area (Å²) in [5.41, 5.74) is 0.287. The highest BCUT2D eigenvalue weighted by atomic mass is 32.2. The minimum Gasteiger partial charge on any atom is -0.392 e. The fraction of sp³-hybridized carbons (Fsp3) is 0.667. The van der Waals surface area contributed by atoms with E-state index in [1.54, 1.807) is 0 Å². The van der Waals surface area contributed by atoms with E-state index in [0.29, 0.717) is 32.7 Å². The van der Waals surface area contributed by atoms with Gasteiger partial charge >= 0.3 is 0 Å². The Hall–Kier alpha value is -0.960. The Kier molecular flexibility index (Phi) is 3.77. The molecule has 0 aromatic carbocycles. The van der Waals surface area contributed by atoms with Crippen molar-refractivity contribution in [2.24, 2.45) is 0 Å². The largest absolute Gasteiger partial charge is 0.392 e. The van der Waals surface area contributed by atoms with Crippen LogP contribution in [0, 0.1) is 0 Å². The van der Waals surface area contributed by atoms with Crippen LogP contribution in [-0.2, 0) is 21.4 Å². The van der Waals surface area contributed by atoms with E-state index in [-0.39, 0.29) is 17.2 Å². The summed E-state index contributed by atoms with van der Waals surface area (Å²) in [5.74, 6) is 0. The topological polar surface area (TPSA) is 95.5 Å². The molecular formula is C9H15N3O4S. The van der Waals surface area contributed by atoms with Gasteiger partial charge in [0.1, 0.15) is 0 Å². The third-order valence-electron chi connectivity index (χ3n) is 2.63. The number of hydrogen-bond donors (Lipinski definition) is 2. The molecule has 0 bridgehead atoms. The van der Waals surface area contributed by atoms with Crippen LogP contribution in [0.1, 0.15) is 12.0 Å². The number of aliphatic hydroxyl groups excluding tert-OH is 1. The van der Waals surface area contributed by atoms with Crippen LogP contribution in [0.25, 0.3) is 0 Å². The molecule has 0 unspecified atom stereocenters. The molecule has 17 heavy (non-hydrogen) atoms. The normalized spacial score (nSPS) is 19.1. The first-order valence-electron chi connectivity index (χ1n) is 5.37. The second-order valence-corrected chi connectivity index (χ2v) is 5.63. The second-order valence-electron chi connectivity index (χ2n) is 3.75. The van der Waals surface area contributed by atoms with Crippen molar-refractivity contribution in [1.82, 2.24) is 14.5 Å². The smallest absolute Gasteiger partial charge is 0.260 e. The van der Waals surface area contributed by atoms with Gasteiger partial charge in [0, 0.05) is 25.3 Å². The molecule has 0 amide bonds. The van der Waals surface area contributed by atoms with Crippen LogP contribution < -0.4 is 0 Å². The van der Waals surface area contributed by atoms with Crippen molar-refractivity contribution in [3.8, 4) is 0 Å². The average molecular weight is 261 g/mol. The van der Waals surface area contributed by atoms with Gasteiger partial charge in [-0.1, -0.05) is 0 Å². The minimum absolute atomic E-state index is 0.0260. The van der Waals surface area contributed by atoms with E-state index in [1.165, 1.54) is 10.5 Å². The number of sulfonamides is 1. The molecule has 0 atom stereocenters. The zero-order valence-corrected chi connectivity index (χ0v) is 10.1. The number of hydrogen-bond acceptors (Lipinski definition) is 5. The van der Waals surface area contributed by atoms with Crippen molar-refractivity contribution in [3.05, 3.63) is 11.8 Å². The molecule has 2 rings (SSSR count). The minimum atomic E-state index is -3.61. The van der Waals surface area contributed by atoms with Crippen molar-refractivity contribution in [2.75, 3.05) is 26.3 Å². The highest BCUT2D eigenvalue weighted by molar-refractivity contribution is 7.89. The Bertz CT molecular complexity index is 462. The lowest BCUT2D eigenvalue weighted by atomic mass is 10.4. The molecule has 1 aromatic heterocycles. The Balaban J connectivity index is 2.28. The van der Waals surface area contributed by atoms with Crippen LogP contribution in [0.15, 0.2) is 11.2 Å². The molecule has 7 nitrogen and oxygen atoms in total. The van der Waals surface area contributed by atoms with Gasteiger partial charge in [-0.3, -0.25) is 5.10 Å². The number of aromatic nitrogens is 2. The van der Waals surface area contributed by atoms with Gasteiger partial charge in [-0.25, -0.2) is 8.42 Å². The third kappa shape index (κ3) is 2.49. The first kappa shape index (κ1) is 12.5. The average Bonchev–Trinajstić information content (AvgIpc) is 2.63. The Morgan fingerprint density at radius 2 is 2.29 bits per heavy atom. The molecule has 1 saturated heterocycles. The lowest BCUT2D eigenvalue weighted by Crippen LogP contribution is -2.34. The van der Waals surface area contributed by atoms with E-state index >= 15 is 0 Å². The van der Waals surface area contributed by atoms with Crippen LogP contribution in [-0.4, -0.2) is 54.3 Å². The van der Waals surface area contributed by atoms with E-state index in [9.17, 15) is 8.42 Å². The SMILES string of the molecule is O=S(=O)(c1[nH]ncc1CO)N1CCCOCC1. The maximum absolute atomic E-state index is 12.3. The van der Waals surface area contributed by atoms with E-state index < -0.39 is 10.0 Å². The van der Waals surface area contributed by atoms with E-state index in [0.717, 1.165) is 0 Å². The monoisotopic (exact) mass is 261 g/mol. The van der Waals surface area contributed by atoms with Crippen molar-refractivity contribution >= 4 is 10.0 Å². The van der Waals surface area contributed by atoms with Gasteiger partial charge in [-0.05, 0) is 6.42 Å². The molecule has 1 fully saturated rings. The number of H-pyrrole nitrogens is 1. The maximum atomic E-state index is 12.3. The summed E-state index contributed by atoms with van der Waals surface area (Å²) in [5, 5.41) is 15.1. The summed E-state index contributed by atoms with van der Waals surface area (Å²) in [6.07, 6.45) is 1.99. The highest BCUT2D eigenvalue weighted by Gasteiger charge is 2.28. The molecule has 2 heterocycles. The second kappa shape index (κ2) is 5.13. The molecule has 2 N–H and O–H groups in total. The van der Waals surface area contributed by atoms with Crippen LogP contribution in [0.5, 0.6) is 0 Å². The number of ether oxygens (including phenoxy) is 1. The van der Waals surface area contributed by atoms with Gasteiger partial charge in [-0.2, -0.15) is 9.40 Å². The molecule has 0 radical (unpaired) electrons. The van der Waals surface area contributed by atoms with Crippen LogP contribution >= 0.6 is 0 Å². The van der Waals surface area contributed by atoms with E-state index in [4.69, 9.17) is 9.84 Å². The first-order chi connectivity index (χ1) is 8.16. The molecule has 1 aromatic rings. The van der Waals surface area contributed by atoms with Crippen molar-refractivity contribution in [2.45, 2.75) is 18.1 Å². The van der Waals surface area contributed by atoms with Crippen LogP contribution in [0.2, 0.25) is 0 Å². The van der Waals surface area contributed by atoms with Gasteiger partial charge in [-0.15, -0.1) is 0 Å². The van der Waals surface area contributed by atoms with Crippen LogP contribution in [0.4, 0.5) is 0 Å². The standard InChI is InChI=1S/C9H15N3O4S/c13-7-8-6-10-11-9(8)17(14,15)12-2-1-4-16-5-3-12/h6,13H,1-5,7H2,(H,10,11). The molecule has 0 aliphatic carbocycles. The lowest BCUT2D eigenvalue weighted by Gasteiger charge is -2.18. The summed E-state index contributed by atoms with van der Waals surface area (Å²) < 4.78 is 31.1. The molecule has 0 spiro atoms. The summed E-state index contributed by atoms with van der Waals surface area (Å²) in [6, 6.07) is 0. The fourth-order valence-electron chi connectivity index (χ4n) is 1.73. The van der Waals surface area contributed by atoms with Gasteiger partial charge in [0.2, 0.25) is 0 Å². The van der Waals surface area contributed by atoms with Gasteiger partial charge in [0.05, 0.1) is 19.4 Å². The summed E-state index contributed by atoms with van der Waals surface area (Å²) in [6.45, 7) is 1.36. The Labute approximate surface area is 99.4 Å². The predicted molar refractivity (Wildman–Crippen MR) is 58.7 cm³/mol. The third-order valence-corrected chi connectivity index (χ3v) is 4.54. The van der Waals surface area contributed by atoms with Crippen molar-refractivity contribution in [1.29, 1.82) is 0 Å². The number of aromatic amines is 1. The Morgan fingerprint density at radius 3 is 3.06 bits per heavy atom. The molecular weight excluding hydrogens is 246 g/mol. The number of rotatable bonds is 3. The molecule has 96 valence electrons. The number of nitrogens with zero attached hydrogens (tertiary/aromatic N) is 2. The quantitative estimate of drug-likeness (QED) is 0.751. The molecule has 1 aliphatic rings. The van der Waals surface area contributed by atoms with E-state index in [1.807, 2.05) is 0 Å². The summed E-state index contributed by atoms with van der Waals surface area (Å²) in [4.78, 5) is 0. The molecule has 8 heteroatoms. The van der Waals surface area contributed by atoms with Crippen molar-refractivity contribution in [3.63, 3.8) is 0 Å². The number of aliphatic hydroxyl groups is 1. The highest BCUT2D eigenvalue weighted by Crippen LogP contribution is 2.18. The summed E-state index contributed by atoms with van der Waals surface area (Å²) in [7, 11) is -3.61. The fourth-order valence-corrected chi connectivity index (χ4v) is 3.29. The first-order valence-corrected chi connectivity index (χ1v) is 6.81. The number of nitrogens with one attached hydrogen (secondary N) is 1. The molecule has 0 saturated carbocycles. The zero-order chi connectivity index (χ0) is 12.3. The molecule has 1 aliphatic heterocycles. The van der Waals surface area contributed by atoms with E-state index in [2.05, 4.69) is 10.2 Å². The van der Waals surface area contributed by atoms with Gasteiger partial charge in [0.15, 0.2) is 5.03 Å². The lowest BCUT2D eigenvalue weighted by molar-refractivity contribution is 0.148. The van der Waals surface area contributed by atoms with Crippen LogP contribution in [0.3, 0.4) is 0 Å². The maximum Gasteiger partial charge on any atom is 0.260 e. The van der Waals surface area contributed by atoms with Gasteiger partial charge in [0.25, 0.3) is 10.0 Å². The summed E-state index contributed by atoms with van der Waals surface area (Å²) >= 11 is 0. The zero-order valence-electron chi connectivity index (χ0n) is 9.29. The van der Waals surface area contributed by atoms with Gasteiger partial charge < -0.3 is 9.84 Å². The van der Waals surface area contributed by atoms with Crippen molar-refractivity contribution < 1.29 is 18.3 Å². The Morgan fingerprint density at radius 1 is 1.47 bits per heavy atom. The predicted octanol–water partition coefficient (Wildman–Crippen LogP) is -0.687.